The molecule has 1 spiro atoms. The van der Waals surface area contributed by atoms with Gasteiger partial charge < -0.3 is 10.2 Å². The fourth-order valence-electron chi connectivity index (χ4n) is 10.6. The highest BCUT2D eigenvalue weighted by atomic mass is 15.2. The molecular weight excluding hydrogens is 777 g/mol. The van der Waals surface area contributed by atoms with Gasteiger partial charge in [0.25, 0.3) is 0 Å². The topological polar surface area (TPSA) is 40.0 Å². The first-order valence-corrected chi connectivity index (χ1v) is 22.0. The van der Waals surface area contributed by atoms with Crippen LogP contribution in [0.15, 0.2) is 241 Å². The predicted octanol–water partition coefficient (Wildman–Crippen LogP) is 14.3. The Hall–Kier alpha value is -8.34. The standard InChI is InChI=1S/C60H40N4/c1-2-21-48(22-3-1)64-55-27-12-10-25-52(55)60(53-26-11-13-28-56(53)64)51-24-9-8-23-49(51)50-34-33-44(38-54(50)60)43-19-14-20-45(37-43)57-61-58(46-31-29-39-15-4-6-17-41(39)35-46)63-59(62-57)47-32-30-40-16-5-7-18-42(40)36-47/h1-38,58H,(H,61,62,63). The number of anilines is 3. The van der Waals surface area contributed by atoms with Crippen molar-refractivity contribution in [2.75, 3.05) is 4.90 Å². The quantitative estimate of drug-likeness (QED) is 0.188. The first kappa shape index (κ1) is 36.3. The summed E-state index contributed by atoms with van der Waals surface area (Å²) in [7, 11) is 0. The lowest BCUT2D eigenvalue weighted by Crippen LogP contribution is -2.36. The van der Waals surface area contributed by atoms with Crippen molar-refractivity contribution in [2.45, 2.75) is 11.6 Å². The van der Waals surface area contributed by atoms with Crippen LogP contribution in [0.4, 0.5) is 17.1 Å². The molecule has 64 heavy (non-hydrogen) atoms. The van der Waals surface area contributed by atoms with Gasteiger partial charge in [-0.2, -0.15) is 0 Å². The minimum atomic E-state index is -0.536. The van der Waals surface area contributed by atoms with Crippen molar-refractivity contribution >= 4 is 50.3 Å². The second-order valence-corrected chi connectivity index (χ2v) is 17.0. The van der Waals surface area contributed by atoms with Crippen LogP contribution in [0.25, 0.3) is 43.8 Å². The Morgan fingerprint density at radius 3 is 1.73 bits per heavy atom. The number of aliphatic imine (C=N–C) groups is 2. The van der Waals surface area contributed by atoms with Crippen LogP contribution in [0, 0.1) is 0 Å². The Morgan fingerprint density at radius 1 is 0.391 bits per heavy atom. The van der Waals surface area contributed by atoms with Crippen molar-refractivity contribution < 1.29 is 0 Å². The predicted molar refractivity (Wildman–Crippen MR) is 264 cm³/mol. The van der Waals surface area contributed by atoms with Crippen molar-refractivity contribution in [3.63, 3.8) is 0 Å². The van der Waals surface area contributed by atoms with Crippen LogP contribution in [-0.4, -0.2) is 11.7 Å². The maximum atomic E-state index is 5.29. The summed E-state index contributed by atoms with van der Waals surface area (Å²) in [5.41, 5.74) is 16.0. The van der Waals surface area contributed by atoms with Crippen LogP contribution in [-0.2, 0) is 5.41 Å². The summed E-state index contributed by atoms with van der Waals surface area (Å²) >= 11 is 0. The molecule has 0 aromatic heterocycles. The van der Waals surface area contributed by atoms with Gasteiger partial charge >= 0.3 is 0 Å². The number of rotatable bonds is 5. The molecule has 0 fully saturated rings. The van der Waals surface area contributed by atoms with Gasteiger partial charge in [0.05, 0.1) is 16.8 Å². The second-order valence-electron chi connectivity index (χ2n) is 17.0. The zero-order valence-corrected chi connectivity index (χ0v) is 34.9. The molecule has 1 atom stereocenters. The molecule has 2 heterocycles. The Morgan fingerprint density at radius 2 is 0.969 bits per heavy atom. The molecule has 0 radical (unpaired) electrons. The third kappa shape index (κ3) is 5.56. The SMILES string of the molecule is c1ccc(N2c3ccccc3C3(c4ccccc4-c4ccc(-c5cccc(C6=NC(c7ccc8ccccc8c7)=NC(c7ccc8ccccc8c7)N6)c5)cc43)c3ccccc32)cc1. The molecule has 0 saturated heterocycles. The largest absolute Gasteiger partial charge is 0.344 e. The third-order valence-corrected chi connectivity index (χ3v) is 13.5. The molecule has 0 saturated carbocycles. The van der Waals surface area contributed by atoms with Gasteiger partial charge in [-0.15, -0.1) is 0 Å². The third-order valence-electron chi connectivity index (χ3n) is 13.5. The van der Waals surface area contributed by atoms with E-state index < -0.39 is 5.41 Å². The van der Waals surface area contributed by atoms with E-state index in [0.717, 1.165) is 44.7 Å². The summed E-state index contributed by atoms with van der Waals surface area (Å²) in [5, 5.41) is 8.50. The Bertz CT molecular complexity index is 3520. The summed E-state index contributed by atoms with van der Waals surface area (Å²) < 4.78 is 0. The van der Waals surface area contributed by atoms with Gasteiger partial charge in [-0.3, -0.25) is 0 Å². The first-order chi connectivity index (χ1) is 31.7. The van der Waals surface area contributed by atoms with Crippen molar-refractivity contribution in [3.8, 4) is 22.3 Å². The zero-order valence-electron chi connectivity index (χ0n) is 34.9. The molecule has 0 bridgehead atoms. The summed E-state index contributed by atoms with van der Waals surface area (Å²) in [6, 6.07) is 83.7. The lowest BCUT2D eigenvalue weighted by Gasteiger charge is -2.45. The Kier molecular flexibility index (Phi) is 8.16. The van der Waals surface area contributed by atoms with Crippen LogP contribution in [0.5, 0.6) is 0 Å². The molecule has 4 heteroatoms. The molecule has 2 aliphatic heterocycles. The lowest BCUT2D eigenvalue weighted by molar-refractivity contribution is 0.675. The minimum absolute atomic E-state index is 0.331. The number of nitrogens with zero attached hydrogens (tertiary/aromatic N) is 3. The van der Waals surface area contributed by atoms with E-state index >= 15 is 0 Å². The molecule has 1 N–H and O–H groups in total. The first-order valence-electron chi connectivity index (χ1n) is 22.0. The molecule has 1 aliphatic carbocycles. The smallest absolute Gasteiger partial charge is 0.159 e. The zero-order chi connectivity index (χ0) is 42.2. The Labute approximate surface area is 372 Å². The molecule has 10 aromatic rings. The van der Waals surface area contributed by atoms with E-state index in [1.165, 1.54) is 60.9 Å². The summed E-state index contributed by atoms with van der Waals surface area (Å²) in [6.07, 6.45) is -0.331. The van der Waals surface area contributed by atoms with Crippen LogP contribution in [0.1, 0.15) is 45.1 Å². The van der Waals surface area contributed by atoms with Gasteiger partial charge in [0.1, 0.15) is 12.0 Å². The molecule has 3 aliphatic rings. The van der Waals surface area contributed by atoms with Crippen molar-refractivity contribution in [1.82, 2.24) is 5.32 Å². The van der Waals surface area contributed by atoms with Crippen LogP contribution < -0.4 is 10.2 Å². The van der Waals surface area contributed by atoms with Gasteiger partial charge in [0.2, 0.25) is 0 Å². The normalized spacial score (nSPS) is 15.4. The van der Waals surface area contributed by atoms with Gasteiger partial charge in [-0.05, 0) is 120 Å². The number of nitrogens with one attached hydrogen (secondary N) is 1. The monoisotopic (exact) mass is 816 g/mol. The highest BCUT2D eigenvalue weighted by molar-refractivity contribution is 6.14. The fraction of sp³-hybridized carbons (Fsp3) is 0.0333. The summed E-state index contributed by atoms with van der Waals surface area (Å²) in [5.74, 6) is 1.50. The van der Waals surface area contributed by atoms with Gasteiger partial charge in [0.15, 0.2) is 5.84 Å². The molecule has 0 amide bonds. The highest BCUT2D eigenvalue weighted by Gasteiger charge is 2.51. The van der Waals surface area contributed by atoms with E-state index in [0.29, 0.717) is 5.84 Å². The van der Waals surface area contributed by atoms with Crippen molar-refractivity contribution in [3.05, 3.63) is 269 Å². The average Bonchev–Trinajstić information content (AvgIpc) is 3.66. The molecule has 13 rings (SSSR count). The highest BCUT2D eigenvalue weighted by Crippen LogP contribution is 2.63. The van der Waals surface area contributed by atoms with Gasteiger partial charge in [0, 0.05) is 16.8 Å². The molecular formula is C60H40N4. The second kappa shape index (κ2) is 14.4. The van der Waals surface area contributed by atoms with Gasteiger partial charge in [-0.1, -0.05) is 182 Å². The molecule has 300 valence electrons. The lowest BCUT2D eigenvalue weighted by atomic mass is 9.64. The van der Waals surface area contributed by atoms with Crippen LogP contribution in [0.2, 0.25) is 0 Å². The van der Waals surface area contributed by atoms with Crippen molar-refractivity contribution in [1.29, 1.82) is 0 Å². The van der Waals surface area contributed by atoms with Gasteiger partial charge in [-0.25, -0.2) is 9.98 Å². The van der Waals surface area contributed by atoms with Crippen molar-refractivity contribution in [2.24, 2.45) is 9.98 Å². The number of para-hydroxylation sites is 3. The van der Waals surface area contributed by atoms with Crippen LogP contribution >= 0.6 is 0 Å². The number of hydrogen-bond donors (Lipinski definition) is 1. The average molecular weight is 817 g/mol. The Balaban J connectivity index is 0.960. The summed E-state index contributed by atoms with van der Waals surface area (Å²) in [4.78, 5) is 13.0. The number of fused-ring (bicyclic) bond motifs is 11. The maximum Gasteiger partial charge on any atom is 0.159 e. The van der Waals surface area contributed by atoms with E-state index in [9.17, 15) is 0 Å². The van der Waals surface area contributed by atoms with E-state index in [1.807, 2.05) is 0 Å². The van der Waals surface area contributed by atoms with E-state index in [1.54, 1.807) is 0 Å². The minimum Gasteiger partial charge on any atom is -0.344 e. The summed E-state index contributed by atoms with van der Waals surface area (Å²) in [6.45, 7) is 0. The number of benzene rings is 10. The fourth-order valence-corrected chi connectivity index (χ4v) is 10.6. The number of hydrogen-bond acceptors (Lipinski definition) is 4. The maximum absolute atomic E-state index is 5.29. The molecule has 4 nitrogen and oxygen atoms in total. The van der Waals surface area contributed by atoms with E-state index in [2.05, 4.69) is 241 Å². The van der Waals surface area contributed by atoms with Crippen LogP contribution in [0.3, 0.4) is 0 Å². The molecule has 10 aromatic carbocycles. The molecule has 1 unspecified atom stereocenters. The van der Waals surface area contributed by atoms with E-state index in [-0.39, 0.29) is 6.17 Å². The van der Waals surface area contributed by atoms with E-state index in [4.69, 9.17) is 9.98 Å². The number of amidine groups is 2.